The molecular formula is C23H21N3O. The molecule has 1 aliphatic rings. The van der Waals surface area contributed by atoms with Gasteiger partial charge in [-0.05, 0) is 18.6 Å². The van der Waals surface area contributed by atoms with E-state index in [1.807, 2.05) is 36.4 Å². The summed E-state index contributed by atoms with van der Waals surface area (Å²) in [5, 5.41) is 9.94. The molecular weight excluding hydrogens is 334 g/mol. The molecule has 0 amide bonds. The lowest BCUT2D eigenvalue weighted by molar-refractivity contribution is 0.122. The Hall–Kier alpha value is -3.16. The predicted molar refractivity (Wildman–Crippen MR) is 108 cm³/mol. The van der Waals surface area contributed by atoms with Crippen LogP contribution in [-0.4, -0.2) is 31.3 Å². The average molecular weight is 355 g/mol. The number of pyridine rings is 1. The van der Waals surface area contributed by atoms with Crippen molar-refractivity contribution >= 4 is 5.82 Å². The number of hydrogen-bond acceptors (Lipinski definition) is 4. The second-order valence-corrected chi connectivity index (χ2v) is 6.70. The Balaban J connectivity index is 1.92. The minimum absolute atomic E-state index is 0.624. The first kappa shape index (κ1) is 17.3. The van der Waals surface area contributed by atoms with Crippen LogP contribution in [0.2, 0.25) is 0 Å². The monoisotopic (exact) mass is 355 g/mol. The van der Waals surface area contributed by atoms with Gasteiger partial charge in [-0.1, -0.05) is 60.2 Å². The maximum Gasteiger partial charge on any atom is 0.148 e. The highest BCUT2D eigenvalue weighted by Crippen LogP contribution is 2.34. The summed E-state index contributed by atoms with van der Waals surface area (Å²) < 4.78 is 5.49. The molecule has 0 spiro atoms. The quantitative estimate of drug-likeness (QED) is 0.697. The van der Waals surface area contributed by atoms with Gasteiger partial charge in [0.1, 0.15) is 17.5 Å². The van der Waals surface area contributed by atoms with Crippen LogP contribution in [0.3, 0.4) is 0 Å². The maximum absolute atomic E-state index is 9.94. The summed E-state index contributed by atoms with van der Waals surface area (Å²) in [6.45, 7) is 4.87. The SMILES string of the molecule is Cc1ccc(-c2cc(-c3ccccc3)c(C#N)c(N3CCOCC3)n2)cc1. The van der Waals surface area contributed by atoms with Crippen molar-refractivity contribution in [2.75, 3.05) is 31.2 Å². The molecule has 0 atom stereocenters. The van der Waals surface area contributed by atoms with Crippen LogP contribution in [0.1, 0.15) is 11.1 Å². The van der Waals surface area contributed by atoms with Crippen molar-refractivity contribution < 1.29 is 4.74 Å². The Kier molecular flexibility index (Phi) is 4.86. The van der Waals surface area contributed by atoms with Crippen molar-refractivity contribution in [1.29, 1.82) is 5.26 Å². The number of nitrogens with zero attached hydrogens (tertiary/aromatic N) is 3. The Morgan fingerprint density at radius 1 is 0.963 bits per heavy atom. The van der Waals surface area contributed by atoms with Crippen LogP contribution in [-0.2, 0) is 4.74 Å². The second kappa shape index (κ2) is 7.61. The fraction of sp³-hybridized carbons (Fsp3) is 0.217. The highest BCUT2D eigenvalue weighted by atomic mass is 16.5. The van der Waals surface area contributed by atoms with E-state index in [4.69, 9.17) is 9.72 Å². The van der Waals surface area contributed by atoms with Crippen molar-refractivity contribution in [2.24, 2.45) is 0 Å². The van der Waals surface area contributed by atoms with E-state index < -0.39 is 0 Å². The number of nitriles is 1. The lowest BCUT2D eigenvalue weighted by Gasteiger charge is -2.29. The minimum atomic E-state index is 0.624. The molecule has 2 heterocycles. The molecule has 1 fully saturated rings. The molecule has 4 heteroatoms. The zero-order valence-corrected chi connectivity index (χ0v) is 15.4. The van der Waals surface area contributed by atoms with E-state index in [-0.39, 0.29) is 0 Å². The average Bonchev–Trinajstić information content (AvgIpc) is 2.74. The van der Waals surface area contributed by atoms with E-state index in [0.29, 0.717) is 18.8 Å². The topological polar surface area (TPSA) is 49.2 Å². The molecule has 0 unspecified atom stereocenters. The summed E-state index contributed by atoms with van der Waals surface area (Å²) in [7, 11) is 0. The first-order valence-electron chi connectivity index (χ1n) is 9.16. The van der Waals surface area contributed by atoms with Gasteiger partial charge < -0.3 is 9.64 Å². The van der Waals surface area contributed by atoms with E-state index in [9.17, 15) is 5.26 Å². The fourth-order valence-corrected chi connectivity index (χ4v) is 3.36. The van der Waals surface area contributed by atoms with Gasteiger partial charge in [0.15, 0.2) is 0 Å². The number of anilines is 1. The highest BCUT2D eigenvalue weighted by molar-refractivity contribution is 5.81. The second-order valence-electron chi connectivity index (χ2n) is 6.70. The van der Waals surface area contributed by atoms with Crippen LogP contribution in [0.15, 0.2) is 60.7 Å². The van der Waals surface area contributed by atoms with Crippen molar-refractivity contribution in [3.8, 4) is 28.5 Å². The van der Waals surface area contributed by atoms with Crippen molar-refractivity contribution in [3.05, 3.63) is 71.8 Å². The lowest BCUT2D eigenvalue weighted by Crippen LogP contribution is -2.37. The van der Waals surface area contributed by atoms with Gasteiger partial charge in [0.05, 0.1) is 18.9 Å². The summed E-state index contributed by atoms with van der Waals surface area (Å²) in [4.78, 5) is 7.06. The normalized spacial score (nSPS) is 14.0. The van der Waals surface area contributed by atoms with Crippen LogP contribution in [0.4, 0.5) is 5.82 Å². The van der Waals surface area contributed by atoms with Gasteiger partial charge in [-0.25, -0.2) is 4.98 Å². The van der Waals surface area contributed by atoms with Crippen molar-refractivity contribution in [2.45, 2.75) is 6.92 Å². The number of benzene rings is 2. The summed E-state index contributed by atoms with van der Waals surface area (Å²) in [6.07, 6.45) is 0. The molecule has 1 saturated heterocycles. The van der Waals surface area contributed by atoms with Gasteiger partial charge in [-0.2, -0.15) is 5.26 Å². The van der Waals surface area contributed by atoms with Gasteiger partial charge in [-0.15, -0.1) is 0 Å². The molecule has 0 aliphatic carbocycles. The summed E-state index contributed by atoms with van der Waals surface area (Å²) >= 11 is 0. The van der Waals surface area contributed by atoms with Crippen LogP contribution in [0.5, 0.6) is 0 Å². The maximum atomic E-state index is 9.94. The third-order valence-corrected chi connectivity index (χ3v) is 4.85. The van der Waals surface area contributed by atoms with E-state index in [2.05, 4.69) is 42.2 Å². The van der Waals surface area contributed by atoms with Gasteiger partial charge >= 0.3 is 0 Å². The number of aryl methyl sites for hydroxylation is 1. The third-order valence-electron chi connectivity index (χ3n) is 4.85. The molecule has 27 heavy (non-hydrogen) atoms. The zero-order valence-electron chi connectivity index (χ0n) is 15.4. The van der Waals surface area contributed by atoms with E-state index in [1.165, 1.54) is 5.56 Å². The Morgan fingerprint density at radius 3 is 2.33 bits per heavy atom. The molecule has 2 aromatic carbocycles. The predicted octanol–water partition coefficient (Wildman–Crippen LogP) is 4.43. The zero-order chi connectivity index (χ0) is 18.6. The largest absolute Gasteiger partial charge is 0.378 e. The number of rotatable bonds is 3. The standard InChI is InChI=1S/C23H21N3O/c1-17-7-9-19(10-8-17)22-15-20(18-5-3-2-4-6-18)21(16-24)23(25-22)26-11-13-27-14-12-26/h2-10,15H,11-14H2,1H3. The molecule has 0 radical (unpaired) electrons. The Morgan fingerprint density at radius 2 is 1.67 bits per heavy atom. The van der Waals surface area contributed by atoms with E-state index >= 15 is 0 Å². The number of ether oxygens (including phenoxy) is 1. The number of hydrogen-bond donors (Lipinski definition) is 0. The van der Waals surface area contributed by atoms with Gasteiger partial charge in [0, 0.05) is 24.2 Å². The fourth-order valence-electron chi connectivity index (χ4n) is 3.36. The molecule has 4 rings (SSSR count). The molecule has 3 aromatic rings. The highest BCUT2D eigenvalue weighted by Gasteiger charge is 2.21. The third kappa shape index (κ3) is 3.55. The molecule has 1 aromatic heterocycles. The van der Waals surface area contributed by atoms with Crippen LogP contribution in [0.25, 0.3) is 22.4 Å². The van der Waals surface area contributed by atoms with Gasteiger partial charge in [0.25, 0.3) is 0 Å². The first-order chi connectivity index (χ1) is 13.3. The molecule has 134 valence electrons. The van der Waals surface area contributed by atoms with E-state index in [1.54, 1.807) is 0 Å². The minimum Gasteiger partial charge on any atom is -0.378 e. The molecule has 4 nitrogen and oxygen atoms in total. The first-order valence-corrected chi connectivity index (χ1v) is 9.16. The lowest BCUT2D eigenvalue weighted by atomic mass is 9.97. The Labute approximate surface area is 159 Å². The smallest absolute Gasteiger partial charge is 0.148 e. The van der Waals surface area contributed by atoms with Crippen LogP contribution < -0.4 is 4.90 Å². The van der Waals surface area contributed by atoms with Crippen LogP contribution in [0, 0.1) is 18.3 Å². The summed E-state index contributed by atoms with van der Waals surface area (Å²) in [6, 6.07) is 22.8. The molecule has 0 bridgehead atoms. The van der Waals surface area contributed by atoms with Gasteiger partial charge in [0.2, 0.25) is 0 Å². The number of morpholine rings is 1. The summed E-state index contributed by atoms with van der Waals surface area (Å²) in [5.41, 5.74) is 5.72. The van der Waals surface area contributed by atoms with E-state index in [0.717, 1.165) is 41.3 Å². The molecule has 0 N–H and O–H groups in total. The van der Waals surface area contributed by atoms with Crippen LogP contribution >= 0.6 is 0 Å². The Bertz CT molecular complexity index is 969. The van der Waals surface area contributed by atoms with Crippen molar-refractivity contribution in [1.82, 2.24) is 4.98 Å². The van der Waals surface area contributed by atoms with Gasteiger partial charge in [-0.3, -0.25) is 0 Å². The molecule has 1 aliphatic heterocycles. The van der Waals surface area contributed by atoms with Crippen molar-refractivity contribution in [3.63, 3.8) is 0 Å². The number of aromatic nitrogens is 1. The summed E-state index contributed by atoms with van der Waals surface area (Å²) in [5.74, 6) is 0.748. The molecule has 0 saturated carbocycles.